The molecule has 0 saturated carbocycles. The highest BCUT2D eigenvalue weighted by Gasteiger charge is 2.20. The highest BCUT2D eigenvalue weighted by molar-refractivity contribution is 7.89. The predicted molar refractivity (Wildman–Crippen MR) is 95.8 cm³/mol. The Balaban J connectivity index is 2.18. The zero-order chi connectivity index (χ0) is 17.7. The number of hydrogen-bond acceptors (Lipinski definition) is 4. The second-order valence-electron chi connectivity index (χ2n) is 5.87. The fraction of sp³-hybridized carbons (Fsp3) is 0.333. The standard InChI is InChI=1S/C18H24N2O3S/c1-14-12-16(10-11-18(14)23-4)24(21,22)19-13-17(20(2)3)15-8-6-5-7-9-15/h5-12,17,19H,13H2,1-4H3. The minimum atomic E-state index is -3.58. The Hall–Kier alpha value is -1.89. The summed E-state index contributed by atoms with van der Waals surface area (Å²) in [5.74, 6) is 0.671. The number of methoxy groups -OCH3 is 1. The van der Waals surface area contributed by atoms with E-state index in [-0.39, 0.29) is 10.9 Å². The molecule has 0 aromatic heterocycles. The van der Waals surface area contributed by atoms with Gasteiger partial charge in [0.1, 0.15) is 5.75 Å². The van der Waals surface area contributed by atoms with Gasteiger partial charge in [0.15, 0.2) is 0 Å². The van der Waals surface area contributed by atoms with E-state index in [0.717, 1.165) is 11.1 Å². The van der Waals surface area contributed by atoms with Crippen LogP contribution in [0.1, 0.15) is 17.2 Å². The summed E-state index contributed by atoms with van der Waals surface area (Å²) >= 11 is 0. The van der Waals surface area contributed by atoms with Crippen molar-refractivity contribution in [1.82, 2.24) is 9.62 Å². The molecule has 0 saturated heterocycles. The number of rotatable bonds is 7. The van der Waals surface area contributed by atoms with E-state index in [2.05, 4.69) is 4.72 Å². The summed E-state index contributed by atoms with van der Waals surface area (Å²) in [6.45, 7) is 2.12. The molecule has 24 heavy (non-hydrogen) atoms. The van der Waals surface area contributed by atoms with E-state index in [1.807, 2.05) is 56.3 Å². The van der Waals surface area contributed by atoms with Crippen LogP contribution in [-0.2, 0) is 10.0 Å². The van der Waals surface area contributed by atoms with E-state index < -0.39 is 10.0 Å². The highest BCUT2D eigenvalue weighted by Crippen LogP contribution is 2.22. The molecule has 0 bridgehead atoms. The first-order valence-electron chi connectivity index (χ1n) is 7.71. The number of nitrogens with zero attached hydrogens (tertiary/aromatic N) is 1. The van der Waals surface area contributed by atoms with Gasteiger partial charge in [-0.05, 0) is 50.3 Å². The summed E-state index contributed by atoms with van der Waals surface area (Å²) in [5.41, 5.74) is 1.85. The fourth-order valence-electron chi connectivity index (χ4n) is 2.56. The Morgan fingerprint density at radius 2 is 1.79 bits per heavy atom. The molecule has 0 fully saturated rings. The van der Waals surface area contributed by atoms with Crippen molar-refractivity contribution in [2.75, 3.05) is 27.7 Å². The quantitative estimate of drug-likeness (QED) is 0.835. The van der Waals surface area contributed by atoms with E-state index in [1.54, 1.807) is 25.3 Å². The van der Waals surface area contributed by atoms with E-state index >= 15 is 0 Å². The maximum atomic E-state index is 12.6. The smallest absolute Gasteiger partial charge is 0.240 e. The van der Waals surface area contributed by atoms with Crippen molar-refractivity contribution < 1.29 is 13.2 Å². The van der Waals surface area contributed by atoms with Crippen LogP contribution in [0.2, 0.25) is 0 Å². The predicted octanol–water partition coefficient (Wildman–Crippen LogP) is 2.58. The number of likely N-dealkylation sites (N-methyl/N-ethyl adjacent to an activating group) is 1. The van der Waals surface area contributed by atoms with Crippen LogP contribution in [0, 0.1) is 6.92 Å². The molecule has 130 valence electrons. The number of nitrogens with one attached hydrogen (secondary N) is 1. The number of ether oxygens (including phenoxy) is 1. The molecule has 0 aliphatic rings. The third-order valence-electron chi connectivity index (χ3n) is 3.95. The highest BCUT2D eigenvalue weighted by atomic mass is 32.2. The molecule has 0 amide bonds. The molecule has 0 aliphatic carbocycles. The van der Waals surface area contributed by atoms with Gasteiger partial charge in [0.05, 0.1) is 12.0 Å². The van der Waals surface area contributed by atoms with Gasteiger partial charge < -0.3 is 9.64 Å². The summed E-state index contributed by atoms with van der Waals surface area (Å²) in [4.78, 5) is 2.24. The van der Waals surface area contributed by atoms with Crippen molar-refractivity contribution in [2.24, 2.45) is 0 Å². The second-order valence-corrected chi connectivity index (χ2v) is 7.64. The molecule has 1 N–H and O–H groups in total. The summed E-state index contributed by atoms with van der Waals surface area (Å²) in [7, 11) is 1.86. The minimum Gasteiger partial charge on any atom is -0.496 e. The van der Waals surface area contributed by atoms with Crippen LogP contribution in [0.15, 0.2) is 53.4 Å². The first kappa shape index (κ1) is 18.4. The van der Waals surface area contributed by atoms with Gasteiger partial charge in [0.25, 0.3) is 0 Å². The summed E-state index contributed by atoms with van der Waals surface area (Å²) in [6, 6.07) is 14.6. The number of aryl methyl sites for hydroxylation is 1. The van der Waals surface area contributed by atoms with E-state index in [0.29, 0.717) is 12.3 Å². The molecular formula is C18H24N2O3S. The zero-order valence-corrected chi connectivity index (χ0v) is 15.3. The summed E-state index contributed by atoms with van der Waals surface area (Å²) < 4.78 is 33.0. The lowest BCUT2D eigenvalue weighted by molar-refractivity contribution is 0.299. The molecule has 2 rings (SSSR count). The largest absolute Gasteiger partial charge is 0.496 e. The molecule has 0 aliphatic heterocycles. The average Bonchev–Trinajstić information content (AvgIpc) is 2.55. The summed E-state index contributed by atoms with van der Waals surface area (Å²) in [5, 5.41) is 0. The van der Waals surface area contributed by atoms with Crippen LogP contribution in [0.25, 0.3) is 0 Å². The lowest BCUT2D eigenvalue weighted by Crippen LogP contribution is -2.34. The maximum absolute atomic E-state index is 12.6. The molecule has 5 nitrogen and oxygen atoms in total. The van der Waals surface area contributed by atoms with Crippen molar-refractivity contribution in [2.45, 2.75) is 17.9 Å². The van der Waals surface area contributed by atoms with Gasteiger partial charge in [0.2, 0.25) is 10.0 Å². The van der Waals surface area contributed by atoms with Crippen molar-refractivity contribution >= 4 is 10.0 Å². The molecule has 2 aromatic rings. The maximum Gasteiger partial charge on any atom is 0.240 e. The van der Waals surface area contributed by atoms with Crippen molar-refractivity contribution in [3.8, 4) is 5.75 Å². The Labute approximate surface area is 144 Å². The Kier molecular flexibility index (Phi) is 5.99. The van der Waals surface area contributed by atoms with Gasteiger partial charge in [-0.3, -0.25) is 0 Å². The van der Waals surface area contributed by atoms with Crippen LogP contribution >= 0.6 is 0 Å². The monoisotopic (exact) mass is 348 g/mol. The number of hydrogen-bond donors (Lipinski definition) is 1. The summed E-state index contributed by atoms with van der Waals surface area (Å²) in [6.07, 6.45) is 0. The normalized spacial score (nSPS) is 13.0. The van der Waals surface area contributed by atoms with E-state index in [9.17, 15) is 8.42 Å². The first-order valence-corrected chi connectivity index (χ1v) is 9.19. The number of benzene rings is 2. The fourth-order valence-corrected chi connectivity index (χ4v) is 3.69. The van der Waals surface area contributed by atoms with Crippen LogP contribution in [0.5, 0.6) is 5.75 Å². The van der Waals surface area contributed by atoms with Crippen molar-refractivity contribution in [3.63, 3.8) is 0 Å². The molecule has 1 atom stereocenters. The number of sulfonamides is 1. The molecule has 0 heterocycles. The zero-order valence-electron chi connectivity index (χ0n) is 14.5. The van der Waals surface area contributed by atoms with E-state index in [4.69, 9.17) is 4.74 Å². The SMILES string of the molecule is COc1ccc(S(=O)(=O)NCC(c2ccccc2)N(C)C)cc1C. The third-order valence-corrected chi connectivity index (χ3v) is 5.37. The molecule has 0 spiro atoms. The molecule has 6 heteroatoms. The Morgan fingerprint density at radius 3 is 2.33 bits per heavy atom. The average molecular weight is 348 g/mol. The molecule has 0 radical (unpaired) electrons. The van der Waals surface area contributed by atoms with Crippen LogP contribution in [-0.4, -0.2) is 41.1 Å². The van der Waals surface area contributed by atoms with Gasteiger partial charge in [-0.1, -0.05) is 30.3 Å². The van der Waals surface area contributed by atoms with Gasteiger partial charge >= 0.3 is 0 Å². The lowest BCUT2D eigenvalue weighted by atomic mass is 10.1. The van der Waals surface area contributed by atoms with Crippen LogP contribution in [0.3, 0.4) is 0 Å². The lowest BCUT2D eigenvalue weighted by Gasteiger charge is -2.25. The Morgan fingerprint density at radius 1 is 1.12 bits per heavy atom. The van der Waals surface area contributed by atoms with E-state index in [1.165, 1.54) is 0 Å². The van der Waals surface area contributed by atoms with Gasteiger partial charge in [-0.2, -0.15) is 0 Å². The minimum absolute atomic E-state index is 0.0414. The van der Waals surface area contributed by atoms with Crippen molar-refractivity contribution in [3.05, 3.63) is 59.7 Å². The van der Waals surface area contributed by atoms with Crippen LogP contribution < -0.4 is 9.46 Å². The van der Waals surface area contributed by atoms with Gasteiger partial charge in [0, 0.05) is 12.6 Å². The van der Waals surface area contributed by atoms with Gasteiger partial charge in [-0.15, -0.1) is 0 Å². The molecule has 1 unspecified atom stereocenters. The topological polar surface area (TPSA) is 58.6 Å². The van der Waals surface area contributed by atoms with Gasteiger partial charge in [-0.25, -0.2) is 13.1 Å². The van der Waals surface area contributed by atoms with Crippen molar-refractivity contribution in [1.29, 1.82) is 0 Å². The Bertz CT molecular complexity index is 774. The first-order chi connectivity index (χ1) is 11.3. The molecular weight excluding hydrogens is 324 g/mol. The van der Waals surface area contributed by atoms with Crippen LogP contribution in [0.4, 0.5) is 0 Å². The third kappa shape index (κ3) is 4.35. The molecule has 2 aromatic carbocycles. The second kappa shape index (κ2) is 7.79.